The molecule has 0 spiro atoms. The second kappa shape index (κ2) is 18.2. The van der Waals surface area contributed by atoms with Crippen molar-refractivity contribution >= 4 is 46.4 Å². The molecule has 4 nitrogen and oxygen atoms in total. The highest BCUT2D eigenvalue weighted by Crippen LogP contribution is 2.27. The van der Waals surface area contributed by atoms with E-state index in [4.69, 9.17) is 52.1 Å². The van der Waals surface area contributed by atoms with Gasteiger partial charge in [-0.2, -0.15) is 0 Å². The summed E-state index contributed by atoms with van der Waals surface area (Å²) in [5, 5.41) is 5.98. The van der Waals surface area contributed by atoms with Gasteiger partial charge in [-0.3, -0.25) is 9.80 Å². The fourth-order valence-corrected chi connectivity index (χ4v) is 6.52. The lowest BCUT2D eigenvalue weighted by Crippen LogP contribution is -2.58. The highest BCUT2D eigenvalue weighted by Gasteiger charge is 2.33. The molecule has 0 bridgehead atoms. The van der Waals surface area contributed by atoms with Crippen LogP contribution in [0.1, 0.15) is 63.5 Å². The second-order valence-corrected chi connectivity index (χ2v) is 13.3. The van der Waals surface area contributed by atoms with Gasteiger partial charge in [0.1, 0.15) is 0 Å². The lowest BCUT2D eigenvalue weighted by molar-refractivity contribution is 0.0144. The van der Waals surface area contributed by atoms with Crippen molar-refractivity contribution in [3.8, 4) is 0 Å². The number of hydrogen-bond acceptors (Lipinski definition) is 4. The monoisotopic (exact) mass is 628 g/mol. The molecule has 2 atom stereocenters. The zero-order valence-electron chi connectivity index (χ0n) is 24.3. The first-order valence-electron chi connectivity index (χ1n) is 15.0. The zero-order chi connectivity index (χ0) is 28.9. The zero-order valence-corrected chi connectivity index (χ0v) is 27.3. The van der Waals surface area contributed by atoms with E-state index in [1.807, 2.05) is 24.3 Å². The minimum Gasteiger partial charge on any atom is -0.329 e. The molecule has 0 aliphatic carbocycles. The molecule has 0 radical (unpaired) electrons. The molecule has 1 fully saturated rings. The maximum Gasteiger partial charge on any atom is 0.0595 e. The number of rotatable bonds is 17. The summed E-state index contributed by atoms with van der Waals surface area (Å²) in [4.78, 5) is 5.57. The van der Waals surface area contributed by atoms with Gasteiger partial charge < -0.3 is 11.1 Å². The van der Waals surface area contributed by atoms with Crippen LogP contribution in [0.3, 0.4) is 0 Å². The van der Waals surface area contributed by atoms with Gasteiger partial charge in [-0.05, 0) is 106 Å². The number of unbranched alkanes of at least 4 members (excludes halogenated alkanes) is 1. The molecular weight excluding hydrogens is 582 g/mol. The molecule has 0 saturated carbocycles. The van der Waals surface area contributed by atoms with Gasteiger partial charge in [0.25, 0.3) is 0 Å². The lowest BCUT2D eigenvalue weighted by atomic mass is 9.94. The van der Waals surface area contributed by atoms with Crippen molar-refractivity contribution in [3.63, 3.8) is 0 Å². The Kier molecular flexibility index (Phi) is 15.4. The SMILES string of the molecule is CC(C)C[C@@H]1CN(CCCc2ccc(Cl)c(Cl)c2)[C@@H](CCCCNCCN)CN1CCCc1ccc(Cl)c(Cl)c1. The molecule has 8 heteroatoms. The first kappa shape index (κ1) is 33.9. The summed E-state index contributed by atoms with van der Waals surface area (Å²) in [6.07, 6.45) is 9.17. The van der Waals surface area contributed by atoms with E-state index in [1.165, 1.54) is 36.8 Å². The first-order valence-corrected chi connectivity index (χ1v) is 16.5. The Morgan fingerprint density at radius 2 is 1.30 bits per heavy atom. The molecular formula is C32H48Cl4N4. The van der Waals surface area contributed by atoms with E-state index in [-0.39, 0.29) is 0 Å². The predicted molar refractivity (Wildman–Crippen MR) is 176 cm³/mol. The number of nitrogens with zero attached hydrogens (tertiary/aromatic N) is 2. The lowest BCUT2D eigenvalue weighted by Gasteiger charge is -2.47. The molecule has 1 heterocycles. The summed E-state index contributed by atoms with van der Waals surface area (Å²) in [6.45, 7) is 11.9. The Morgan fingerprint density at radius 3 is 1.82 bits per heavy atom. The van der Waals surface area contributed by atoms with Crippen molar-refractivity contribution in [2.45, 2.75) is 77.3 Å². The van der Waals surface area contributed by atoms with Crippen LogP contribution in [0.5, 0.6) is 0 Å². The largest absolute Gasteiger partial charge is 0.329 e. The molecule has 2 aromatic carbocycles. The Balaban J connectivity index is 1.62. The number of nitrogens with two attached hydrogens (primary N) is 1. The molecule has 1 saturated heterocycles. The van der Waals surface area contributed by atoms with Crippen LogP contribution in [0.2, 0.25) is 20.1 Å². The molecule has 0 amide bonds. The number of halogens is 4. The van der Waals surface area contributed by atoms with Crippen molar-refractivity contribution in [2.24, 2.45) is 11.7 Å². The first-order chi connectivity index (χ1) is 19.3. The summed E-state index contributed by atoms with van der Waals surface area (Å²) in [5.74, 6) is 0.672. The average Bonchev–Trinajstić information content (AvgIpc) is 2.91. The summed E-state index contributed by atoms with van der Waals surface area (Å²) in [7, 11) is 0. The number of benzene rings is 2. The minimum atomic E-state index is 0.580. The van der Waals surface area contributed by atoms with Crippen LogP contribution in [-0.4, -0.2) is 67.7 Å². The third-order valence-electron chi connectivity index (χ3n) is 7.92. The van der Waals surface area contributed by atoms with Crippen LogP contribution in [-0.2, 0) is 12.8 Å². The summed E-state index contributed by atoms with van der Waals surface area (Å²) >= 11 is 24.8. The summed E-state index contributed by atoms with van der Waals surface area (Å²) in [5.41, 5.74) is 8.16. The average molecular weight is 631 g/mol. The van der Waals surface area contributed by atoms with Gasteiger partial charge in [0.2, 0.25) is 0 Å². The van der Waals surface area contributed by atoms with Crippen LogP contribution in [0.25, 0.3) is 0 Å². The van der Waals surface area contributed by atoms with Gasteiger partial charge >= 0.3 is 0 Å². The standard InChI is InChI=1S/C32H48Cl4N4/c1-24(2)19-28-23-39(17-5-7-25-10-12-29(33)31(35)20-25)27(9-3-4-15-38-16-14-37)22-40(28)18-6-8-26-11-13-30(34)32(36)21-26/h10-13,20-21,24,27-28,38H,3-9,14-19,22-23,37H2,1-2H3/t27-,28+/m0/s1. The molecule has 2 aromatic rings. The molecule has 224 valence electrons. The van der Waals surface area contributed by atoms with E-state index in [0.29, 0.717) is 44.6 Å². The summed E-state index contributed by atoms with van der Waals surface area (Å²) < 4.78 is 0. The van der Waals surface area contributed by atoms with Crippen molar-refractivity contribution in [2.75, 3.05) is 45.8 Å². The normalized spacial score (nSPS) is 18.6. The third-order valence-corrected chi connectivity index (χ3v) is 9.40. The van der Waals surface area contributed by atoms with E-state index < -0.39 is 0 Å². The predicted octanol–water partition coefficient (Wildman–Crippen LogP) is 7.99. The summed E-state index contributed by atoms with van der Waals surface area (Å²) in [6, 6.07) is 13.2. The topological polar surface area (TPSA) is 44.5 Å². The van der Waals surface area contributed by atoms with E-state index in [1.54, 1.807) is 0 Å². The van der Waals surface area contributed by atoms with E-state index >= 15 is 0 Å². The number of hydrogen-bond donors (Lipinski definition) is 2. The Hall–Kier alpha value is -0.560. The molecule has 0 aromatic heterocycles. The fourth-order valence-electron chi connectivity index (χ4n) is 5.88. The number of piperazine rings is 1. The van der Waals surface area contributed by atoms with Crippen molar-refractivity contribution in [1.29, 1.82) is 0 Å². The molecule has 1 aliphatic heterocycles. The number of aryl methyl sites for hydroxylation is 2. The molecule has 3 rings (SSSR count). The smallest absolute Gasteiger partial charge is 0.0595 e. The number of nitrogens with one attached hydrogen (secondary N) is 1. The quantitative estimate of drug-likeness (QED) is 0.174. The van der Waals surface area contributed by atoms with Crippen LogP contribution in [0, 0.1) is 5.92 Å². The Labute approximate surface area is 262 Å². The van der Waals surface area contributed by atoms with Gasteiger partial charge in [0.05, 0.1) is 20.1 Å². The fraction of sp³-hybridized carbons (Fsp3) is 0.625. The highest BCUT2D eigenvalue weighted by molar-refractivity contribution is 6.42. The van der Waals surface area contributed by atoms with Crippen LogP contribution >= 0.6 is 46.4 Å². The maximum atomic E-state index is 6.27. The van der Waals surface area contributed by atoms with Gasteiger partial charge in [-0.1, -0.05) is 78.8 Å². The van der Waals surface area contributed by atoms with E-state index in [0.717, 1.165) is 65.0 Å². The third kappa shape index (κ3) is 11.6. The van der Waals surface area contributed by atoms with Gasteiger partial charge in [0, 0.05) is 38.3 Å². The van der Waals surface area contributed by atoms with Crippen LogP contribution < -0.4 is 11.1 Å². The molecule has 1 aliphatic rings. The second-order valence-electron chi connectivity index (χ2n) is 11.7. The molecule has 40 heavy (non-hydrogen) atoms. The molecule has 0 unspecified atom stereocenters. The minimum absolute atomic E-state index is 0.580. The Morgan fingerprint density at radius 1 is 0.750 bits per heavy atom. The highest BCUT2D eigenvalue weighted by atomic mass is 35.5. The van der Waals surface area contributed by atoms with Gasteiger partial charge in [0.15, 0.2) is 0 Å². The van der Waals surface area contributed by atoms with E-state index in [2.05, 4.69) is 41.1 Å². The van der Waals surface area contributed by atoms with Crippen molar-refractivity contribution in [3.05, 3.63) is 67.6 Å². The molecule has 3 N–H and O–H groups in total. The van der Waals surface area contributed by atoms with Crippen LogP contribution in [0.15, 0.2) is 36.4 Å². The van der Waals surface area contributed by atoms with Gasteiger partial charge in [-0.15, -0.1) is 0 Å². The van der Waals surface area contributed by atoms with Crippen molar-refractivity contribution < 1.29 is 0 Å². The van der Waals surface area contributed by atoms with Crippen molar-refractivity contribution in [1.82, 2.24) is 15.1 Å². The van der Waals surface area contributed by atoms with E-state index in [9.17, 15) is 0 Å². The Bertz CT molecular complexity index is 1020. The van der Waals surface area contributed by atoms with Crippen LogP contribution in [0.4, 0.5) is 0 Å². The van der Waals surface area contributed by atoms with Gasteiger partial charge in [-0.25, -0.2) is 0 Å². The maximum absolute atomic E-state index is 6.27.